The van der Waals surface area contributed by atoms with E-state index in [0.29, 0.717) is 6.42 Å². The number of nitrogens with zero attached hydrogens (tertiary/aromatic N) is 2. The van der Waals surface area contributed by atoms with Gasteiger partial charge in [-0.2, -0.15) is 0 Å². The molecule has 0 unspecified atom stereocenters. The van der Waals surface area contributed by atoms with Crippen LogP contribution in [-0.2, 0) is 4.79 Å². The number of imidazole rings is 1. The standard InChI is InChI=1S/C17H19N3OS/c1-2-3-5-10-14(21)18-16-15(13-8-6-4-7-9-13)19-17-20(16)11-12-22-17/h4,6-9,11-12H,2-3,5,10H2,1H3,(H,18,21). The lowest BCUT2D eigenvalue weighted by Gasteiger charge is -2.07. The van der Waals surface area contributed by atoms with E-state index in [9.17, 15) is 4.79 Å². The molecule has 3 aromatic rings. The number of amides is 1. The van der Waals surface area contributed by atoms with Gasteiger partial charge in [0, 0.05) is 23.6 Å². The minimum absolute atomic E-state index is 0.0543. The molecule has 0 spiro atoms. The molecule has 0 aliphatic carbocycles. The van der Waals surface area contributed by atoms with Crippen LogP contribution < -0.4 is 5.32 Å². The quantitative estimate of drug-likeness (QED) is 0.677. The molecule has 0 fully saturated rings. The SMILES string of the molecule is CCCCCC(=O)Nc1c(-c2ccccc2)nc2sccn12. The number of nitrogens with one attached hydrogen (secondary N) is 1. The molecule has 1 N–H and O–H groups in total. The van der Waals surface area contributed by atoms with E-state index in [1.165, 1.54) is 0 Å². The fourth-order valence-electron chi connectivity index (χ4n) is 2.43. The highest BCUT2D eigenvalue weighted by molar-refractivity contribution is 7.15. The third kappa shape index (κ3) is 3.04. The molecular weight excluding hydrogens is 294 g/mol. The van der Waals surface area contributed by atoms with E-state index in [0.717, 1.165) is 41.3 Å². The molecule has 0 aliphatic heterocycles. The topological polar surface area (TPSA) is 46.4 Å². The van der Waals surface area contributed by atoms with Crippen molar-refractivity contribution in [2.45, 2.75) is 32.6 Å². The van der Waals surface area contributed by atoms with Crippen molar-refractivity contribution in [3.63, 3.8) is 0 Å². The molecule has 1 aromatic carbocycles. The summed E-state index contributed by atoms with van der Waals surface area (Å²) in [6.45, 7) is 2.14. The predicted octanol–water partition coefficient (Wildman–Crippen LogP) is 4.58. The van der Waals surface area contributed by atoms with E-state index >= 15 is 0 Å². The number of hydrogen-bond donors (Lipinski definition) is 1. The number of thiazole rings is 1. The Labute approximate surface area is 133 Å². The van der Waals surface area contributed by atoms with Crippen LogP contribution in [0.2, 0.25) is 0 Å². The number of hydrogen-bond acceptors (Lipinski definition) is 3. The Hall–Kier alpha value is -2.14. The first-order valence-corrected chi connectivity index (χ1v) is 8.48. The Morgan fingerprint density at radius 1 is 1.27 bits per heavy atom. The zero-order valence-corrected chi connectivity index (χ0v) is 13.4. The molecule has 4 nitrogen and oxygen atoms in total. The van der Waals surface area contributed by atoms with Crippen molar-refractivity contribution in [1.82, 2.24) is 9.38 Å². The summed E-state index contributed by atoms with van der Waals surface area (Å²) in [4.78, 5) is 17.7. The zero-order valence-electron chi connectivity index (χ0n) is 12.6. The average Bonchev–Trinajstić information content (AvgIpc) is 3.11. The highest BCUT2D eigenvalue weighted by Crippen LogP contribution is 2.30. The molecule has 0 aliphatic rings. The van der Waals surface area contributed by atoms with Gasteiger partial charge in [0.2, 0.25) is 5.91 Å². The van der Waals surface area contributed by atoms with Crippen molar-refractivity contribution < 1.29 is 4.79 Å². The third-order valence-electron chi connectivity index (χ3n) is 3.57. The van der Waals surface area contributed by atoms with Crippen LogP contribution in [0.5, 0.6) is 0 Å². The largest absolute Gasteiger partial charge is 0.310 e. The Morgan fingerprint density at radius 2 is 2.09 bits per heavy atom. The average molecular weight is 313 g/mol. The van der Waals surface area contributed by atoms with Crippen molar-refractivity contribution in [3.8, 4) is 11.3 Å². The second-order valence-corrected chi connectivity index (χ2v) is 6.11. The van der Waals surface area contributed by atoms with Gasteiger partial charge in [0.1, 0.15) is 11.5 Å². The third-order valence-corrected chi connectivity index (χ3v) is 4.33. The molecule has 0 saturated heterocycles. The molecule has 0 radical (unpaired) electrons. The molecule has 0 saturated carbocycles. The molecule has 3 rings (SSSR count). The number of unbranched alkanes of at least 4 members (excludes halogenated alkanes) is 2. The molecule has 0 atom stereocenters. The maximum atomic E-state index is 12.2. The highest BCUT2D eigenvalue weighted by Gasteiger charge is 2.16. The first-order valence-electron chi connectivity index (χ1n) is 7.60. The van der Waals surface area contributed by atoms with Crippen LogP contribution in [0.3, 0.4) is 0 Å². The maximum absolute atomic E-state index is 12.2. The molecular formula is C17H19N3OS. The summed E-state index contributed by atoms with van der Waals surface area (Å²) in [5.41, 5.74) is 1.85. The van der Waals surface area contributed by atoms with Crippen molar-refractivity contribution in [2.75, 3.05) is 5.32 Å². The Morgan fingerprint density at radius 3 is 2.86 bits per heavy atom. The molecule has 114 valence electrons. The number of carbonyl (C=O) groups excluding carboxylic acids is 1. The Bertz CT molecular complexity index is 761. The van der Waals surface area contributed by atoms with E-state index in [1.54, 1.807) is 11.3 Å². The van der Waals surface area contributed by atoms with E-state index in [-0.39, 0.29) is 5.91 Å². The first-order chi connectivity index (χ1) is 10.8. The van der Waals surface area contributed by atoms with Gasteiger partial charge in [-0.15, -0.1) is 11.3 Å². The van der Waals surface area contributed by atoms with Crippen LogP contribution in [0.1, 0.15) is 32.6 Å². The summed E-state index contributed by atoms with van der Waals surface area (Å²) in [7, 11) is 0. The number of anilines is 1. The summed E-state index contributed by atoms with van der Waals surface area (Å²) in [6.07, 6.45) is 5.62. The maximum Gasteiger partial charge on any atom is 0.225 e. The van der Waals surface area contributed by atoms with E-state index in [1.807, 2.05) is 46.3 Å². The molecule has 1 amide bonds. The van der Waals surface area contributed by atoms with Crippen LogP contribution in [0.4, 0.5) is 5.82 Å². The summed E-state index contributed by atoms with van der Waals surface area (Å²) < 4.78 is 1.95. The smallest absolute Gasteiger partial charge is 0.225 e. The van der Waals surface area contributed by atoms with Crippen molar-refractivity contribution in [1.29, 1.82) is 0 Å². The van der Waals surface area contributed by atoms with Crippen LogP contribution in [0, 0.1) is 0 Å². The lowest BCUT2D eigenvalue weighted by atomic mass is 10.1. The second-order valence-electron chi connectivity index (χ2n) is 5.24. The van der Waals surface area contributed by atoms with Gasteiger partial charge < -0.3 is 5.32 Å². The predicted molar refractivity (Wildman–Crippen MR) is 91.3 cm³/mol. The number of rotatable bonds is 6. The van der Waals surface area contributed by atoms with Crippen LogP contribution in [0.25, 0.3) is 16.2 Å². The normalized spacial score (nSPS) is 11.0. The minimum Gasteiger partial charge on any atom is -0.310 e. The van der Waals surface area contributed by atoms with Crippen molar-refractivity contribution in [3.05, 3.63) is 41.9 Å². The fraction of sp³-hybridized carbons (Fsp3) is 0.294. The summed E-state index contributed by atoms with van der Waals surface area (Å²) in [6, 6.07) is 9.97. The minimum atomic E-state index is 0.0543. The number of aromatic nitrogens is 2. The Balaban J connectivity index is 1.90. The number of carbonyl (C=O) groups is 1. The molecule has 2 heterocycles. The van der Waals surface area contributed by atoms with Crippen LogP contribution >= 0.6 is 11.3 Å². The molecule has 5 heteroatoms. The zero-order chi connectivity index (χ0) is 15.4. The molecule has 0 bridgehead atoms. The van der Waals surface area contributed by atoms with E-state index in [4.69, 9.17) is 0 Å². The highest BCUT2D eigenvalue weighted by atomic mass is 32.1. The lowest BCUT2D eigenvalue weighted by Crippen LogP contribution is -2.13. The number of benzene rings is 1. The van der Waals surface area contributed by atoms with Crippen LogP contribution in [-0.4, -0.2) is 15.3 Å². The second kappa shape index (κ2) is 6.75. The van der Waals surface area contributed by atoms with Crippen LogP contribution in [0.15, 0.2) is 41.9 Å². The van der Waals surface area contributed by atoms with Gasteiger partial charge in [-0.05, 0) is 6.42 Å². The lowest BCUT2D eigenvalue weighted by molar-refractivity contribution is -0.116. The van der Waals surface area contributed by atoms with Gasteiger partial charge >= 0.3 is 0 Å². The number of fused-ring (bicyclic) bond motifs is 1. The Kier molecular flexibility index (Phi) is 4.53. The molecule has 2 aromatic heterocycles. The van der Waals surface area contributed by atoms with Gasteiger partial charge in [0.25, 0.3) is 0 Å². The fourth-order valence-corrected chi connectivity index (χ4v) is 3.15. The van der Waals surface area contributed by atoms with E-state index < -0.39 is 0 Å². The van der Waals surface area contributed by atoms with Gasteiger partial charge in [-0.3, -0.25) is 9.20 Å². The van der Waals surface area contributed by atoms with Gasteiger partial charge in [0.05, 0.1) is 0 Å². The summed E-state index contributed by atoms with van der Waals surface area (Å²) >= 11 is 1.57. The van der Waals surface area contributed by atoms with Crippen molar-refractivity contribution >= 4 is 28.0 Å². The van der Waals surface area contributed by atoms with E-state index in [2.05, 4.69) is 17.2 Å². The summed E-state index contributed by atoms with van der Waals surface area (Å²) in [5.74, 6) is 0.822. The van der Waals surface area contributed by atoms with Gasteiger partial charge in [0.15, 0.2) is 4.96 Å². The molecule has 22 heavy (non-hydrogen) atoms. The van der Waals surface area contributed by atoms with Gasteiger partial charge in [-0.1, -0.05) is 50.1 Å². The first kappa shape index (κ1) is 14.8. The summed E-state index contributed by atoms with van der Waals surface area (Å²) in [5, 5.41) is 5.02. The monoisotopic (exact) mass is 313 g/mol. The van der Waals surface area contributed by atoms with Crippen molar-refractivity contribution in [2.24, 2.45) is 0 Å². The van der Waals surface area contributed by atoms with Gasteiger partial charge in [-0.25, -0.2) is 4.98 Å².